The maximum absolute atomic E-state index is 11.7. The molecular formula is C13H23N3O2. The molecule has 0 unspecified atom stereocenters. The number of piperidine rings is 1. The number of hydrogen-bond donors (Lipinski definition) is 0. The molecule has 102 valence electrons. The third kappa shape index (κ3) is 2.83. The van der Waals surface area contributed by atoms with Gasteiger partial charge in [0, 0.05) is 45.7 Å². The molecule has 5 nitrogen and oxygen atoms in total. The van der Waals surface area contributed by atoms with E-state index in [1.165, 1.54) is 0 Å². The van der Waals surface area contributed by atoms with E-state index in [1.54, 1.807) is 4.90 Å². The van der Waals surface area contributed by atoms with Crippen molar-refractivity contribution in [2.45, 2.75) is 32.2 Å². The van der Waals surface area contributed by atoms with Crippen molar-refractivity contribution < 1.29 is 9.59 Å². The largest absolute Gasteiger partial charge is 0.343 e. The van der Waals surface area contributed by atoms with Gasteiger partial charge < -0.3 is 9.80 Å². The highest BCUT2D eigenvalue weighted by Gasteiger charge is 2.30. The fraction of sp³-hybridized carbons (Fsp3) is 0.846. The van der Waals surface area contributed by atoms with E-state index in [4.69, 9.17) is 0 Å². The molecule has 2 heterocycles. The van der Waals surface area contributed by atoms with Gasteiger partial charge in [0.25, 0.3) is 0 Å². The third-order valence-electron chi connectivity index (χ3n) is 4.12. The molecule has 0 aromatic carbocycles. The smallest absolute Gasteiger partial charge is 0.236 e. The number of hydrogen-bond acceptors (Lipinski definition) is 3. The summed E-state index contributed by atoms with van der Waals surface area (Å²) in [5.41, 5.74) is 0. The van der Waals surface area contributed by atoms with E-state index in [9.17, 15) is 9.59 Å². The molecule has 18 heavy (non-hydrogen) atoms. The number of likely N-dealkylation sites (N-methyl/N-ethyl adjacent to an activating group) is 1. The normalized spacial score (nSPS) is 23.6. The first-order valence-electron chi connectivity index (χ1n) is 6.87. The summed E-state index contributed by atoms with van der Waals surface area (Å²) >= 11 is 0. The van der Waals surface area contributed by atoms with Crippen LogP contribution in [0.4, 0.5) is 0 Å². The average Bonchev–Trinajstić information content (AvgIpc) is 2.41. The second-order valence-electron chi connectivity index (χ2n) is 5.25. The zero-order chi connectivity index (χ0) is 13.1. The molecule has 0 spiro atoms. The molecule has 2 saturated heterocycles. The monoisotopic (exact) mass is 253 g/mol. The molecule has 2 amide bonds. The third-order valence-corrected chi connectivity index (χ3v) is 4.12. The zero-order valence-corrected chi connectivity index (χ0v) is 11.4. The van der Waals surface area contributed by atoms with Crippen LogP contribution in [0.5, 0.6) is 0 Å². The van der Waals surface area contributed by atoms with Gasteiger partial charge in [0.1, 0.15) is 0 Å². The van der Waals surface area contributed by atoms with Gasteiger partial charge in [-0.2, -0.15) is 0 Å². The van der Waals surface area contributed by atoms with E-state index in [0.717, 1.165) is 39.0 Å². The Bertz CT molecular complexity index is 324. The Labute approximate surface area is 109 Å². The first-order chi connectivity index (χ1) is 8.61. The molecule has 0 atom stereocenters. The highest BCUT2D eigenvalue weighted by Crippen LogP contribution is 2.18. The lowest BCUT2D eigenvalue weighted by Crippen LogP contribution is -2.55. The van der Waals surface area contributed by atoms with Crippen molar-refractivity contribution >= 4 is 11.8 Å². The van der Waals surface area contributed by atoms with Gasteiger partial charge in [-0.25, -0.2) is 0 Å². The van der Waals surface area contributed by atoms with Crippen molar-refractivity contribution in [3.05, 3.63) is 0 Å². The number of likely N-dealkylation sites (tertiary alicyclic amines) is 1. The van der Waals surface area contributed by atoms with Crippen molar-refractivity contribution in [3.8, 4) is 0 Å². The van der Waals surface area contributed by atoms with Crippen molar-refractivity contribution in [2.24, 2.45) is 0 Å². The van der Waals surface area contributed by atoms with Crippen molar-refractivity contribution in [2.75, 3.05) is 39.8 Å². The zero-order valence-electron chi connectivity index (χ0n) is 11.4. The minimum Gasteiger partial charge on any atom is -0.343 e. The summed E-state index contributed by atoms with van der Waals surface area (Å²) in [6.07, 6.45) is 2.60. The Morgan fingerprint density at radius 2 is 1.89 bits per heavy atom. The van der Waals surface area contributed by atoms with E-state index < -0.39 is 0 Å². The summed E-state index contributed by atoms with van der Waals surface area (Å²) < 4.78 is 0. The van der Waals surface area contributed by atoms with Gasteiger partial charge in [0.05, 0.1) is 6.54 Å². The quantitative estimate of drug-likeness (QED) is 0.704. The molecule has 2 fully saturated rings. The Morgan fingerprint density at radius 1 is 1.22 bits per heavy atom. The molecule has 0 radical (unpaired) electrons. The summed E-state index contributed by atoms with van der Waals surface area (Å²) in [5.74, 6) is 0.469. The SMILES string of the molecule is CCC(=O)N1CCC(N2CCN(C)C(=O)C2)CC1. The van der Waals surface area contributed by atoms with E-state index in [0.29, 0.717) is 19.0 Å². The second kappa shape index (κ2) is 5.69. The van der Waals surface area contributed by atoms with Crippen LogP contribution >= 0.6 is 0 Å². The molecular weight excluding hydrogens is 230 g/mol. The Balaban J connectivity index is 1.83. The van der Waals surface area contributed by atoms with E-state index in [1.807, 2.05) is 18.9 Å². The van der Waals surface area contributed by atoms with E-state index >= 15 is 0 Å². The fourth-order valence-electron chi connectivity index (χ4n) is 2.79. The van der Waals surface area contributed by atoms with Gasteiger partial charge in [-0.15, -0.1) is 0 Å². The maximum atomic E-state index is 11.7. The van der Waals surface area contributed by atoms with Crippen LogP contribution < -0.4 is 0 Å². The predicted octanol–water partition coefficient (Wildman–Crippen LogP) is 0.161. The number of piperazine rings is 1. The van der Waals surface area contributed by atoms with Crippen LogP contribution in [0.25, 0.3) is 0 Å². The molecule has 0 saturated carbocycles. The fourth-order valence-corrected chi connectivity index (χ4v) is 2.79. The van der Waals surface area contributed by atoms with Gasteiger partial charge in [-0.3, -0.25) is 14.5 Å². The number of nitrogens with zero attached hydrogens (tertiary/aromatic N) is 3. The molecule has 2 aliphatic rings. The Hall–Kier alpha value is -1.10. The van der Waals surface area contributed by atoms with Crippen LogP contribution in [0.15, 0.2) is 0 Å². The van der Waals surface area contributed by atoms with E-state index in [-0.39, 0.29) is 11.8 Å². The lowest BCUT2D eigenvalue weighted by molar-refractivity contribution is -0.138. The van der Waals surface area contributed by atoms with Crippen LogP contribution in [0, 0.1) is 0 Å². The van der Waals surface area contributed by atoms with Gasteiger partial charge in [0.2, 0.25) is 11.8 Å². The lowest BCUT2D eigenvalue weighted by Gasteiger charge is -2.41. The van der Waals surface area contributed by atoms with Gasteiger partial charge in [-0.05, 0) is 12.8 Å². The Kier molecular flexibility index (Phi) is 4.22. The molecule has 0 N–H and O–H groups in total. The first kappa shape index (κ1) is 13.3. The molecule has 0 aliphatic carbocycles. The second-order valence-corrected chi connectivity index (χ2v) is 5.25. The number of rotatable bonds is 2. The molecule has 5 heteroatoms. The molecule has 0 aromatic heterocycles. The van der Waals surface area contributed by atoms with Crippen molar-refractivity contribution in [1.29, 1.82) is 0 Å². The molecule has 0 bridgehead atoms. The van der Waals surface area contributed by atoms with Crippen molar-refractivity contribution in [1.82, 2.24) is 14.7 Å². The number of carbonyl (C=O) groups is 2. The summed E-state index contributed by atoms with van der Waals surface area (Å²) in [4.78, 5) is 29.3. The highest BCUT2D eigenvalue weighted by molar-refractivity contribution is 5.78. The summed E-state index contributed by atoms with van der Waals surface area (Å²) in [6.45, 7) is 5.94. The average molecular weight is 253 g/mol. The molecule has 0 aromatic rings. The lowest BCUT2D eigenvalue weighted by atomic mass is 10.0. The van der Waals surface area contributed by atoms with Crippen LogP contribution in [-0.4, -0.2) is 72.3 Å². The topological polar surface area (TPSA) is 43.9 Å². The first-order valence-corrected chi connectivity index (χ1v) is 6.87. The Morgan fingerprint density at radius 3 is 2.44 bits per heavy atom. The van der Waals surface area contributed by atoms with E-state index in [2.05, 4.69) is 4.90 Å². The summed E-state index contributed by atoms with van der Waals surface area (Å²) in [7, 11) is 1.86. The highest BCUT2D eigenvalue weighted by atomic mass is 16.2. The summed E-state index contributed by atoms with van der Waals surface area (Å²) in [6, 6.07) is 0.476. The van der Waals surface area contributed by atoms with Crippen LogP contribution in [0.3, 0.4) is 0 Å². The number of amides is 2. The predicted molar refractivity (Wildman–Crippen MR) is 69.1 cm³/mol. The standard InChI is InChI=1S/C13H23N3O2/c1-3-12(17)15-6-4-11(5-7-15)16-9-8-14(2)13(18)10-16/h11H,3-10H2,1-2H3. The van der Waals surface area contributed by atoms with Gasteiger partial charge in [-0.1, -0.05) is 6.92 Å². The minimum atomic E-state index is 0.216. The molecule has 2 rings (SSSR count). The van der Waals surface area contributed by atoms with Crippen LogP contribution in [0.1, 0.15) is 26.2 Å². The van der Waals surface area contributed by atoms with Crippen LogP contribution in [0.2, 0.25) is 0 Å². The maximum Gasteiger partial charge on any atom is 0.236 e. The van der Waals surface area contributed by atoms with Crippen LogP contribution in [-0.2, 0) is 9.59 Å². The van der Waals surface area contributed by atoms with Crippen molar-refractivity contribution in [3.63, 3.8) is 0 Å². The number of carbonyl (C=O) groups excluding carboxylic acids is 2. The van der Waals surface area contributed by atoms with Gasteiger partial charge in [0.15, 0.2) is 0 Å². The molecule has 2 aliphatic heterocycles. The van der Waals surface area contributed by atoms with Gasteiger partial charge >= 0.3 is 0 Å². The minimum absolute atomic E-state index is 0.216. The summed E-state index contributed by atoms with van der Waals surface area (Å²) in [5, 5.41) is 0.